The SMILES string of the molecule is O=C(Nc1ccc(Cc2ccc(NC(=O)N3CCN(c4ccc([N+](=O)[O-])cc4)CC3)cc2)cc1)N1CCN(c2ccc([N+](=O)[O-])cc2)CC1. The van der Waals surface area contributed by atoms with Gasteiger partial charge in [-0.1, -0.05) is 24.3 Å². The zero-order valence-corrected chi connectivity index (χ0v) is 26.7. The number of hydrogen-bond donors (Lipinski definition) is 2. The molecule has 2 fully saturated rings. The molecule has 2 aliphatic rings. The fourth-order valence-electron chi connectivity index (χ4n) is 5.96. The van der Waals surface area contributed by atoms with Crippen molar-refractivity contribution in [2.24, 2.45) is 0 Å². The molecular weight excluding hydrogens is 628 g/mol. The summed E-state index contributed by atoms with van der Waals surface area (Å²) in [4.78, 5) is 54.5. The number of hydrogen-bond acceptors (Lipinski definition) is 8. The lowest BCUT2D eigenvalue weighted by Gasteiger charge is -2.36. The van der Waals surface area contributed by atoms with Gasteiger partial charge in [0.2, 0.25) is 0 Å². The molecule has 2 aliphatic heterocycles. The maximum atomic E-state index is 12.9. The van der Waals surface area contributed by atoms with Crippen molar-refractivity contribution in [3.8, 4) is 0 Å². The number of non-ortho nitro benzene ring substituents is 2. The van der Waals surface area contributed by atoms with E-state index in [4.69, 9.17) is 0 Å². The summed E-state index contributed by atoms with van der Waals surface area (Å²) in [7, 11) is 0. The maximum absolute atomic E-state index is 12.9. The van der Waals surface area contributed by atoms with E-state index in [1.54, 1.807) is 34.1 Å². The van der Waals surface area contributed by atoms with Crippen LogP contribution < -0.4 is 20.4 Å². The molecule has 49 heavy (non-hydrogen) atoms. The van der Waals surface area contributed by atoms with Crippen molar-refractivity contribution in [3.05, 3.63) is 128 Å². The van der Waals surface area contributed by atoms with Crippen molar-refractivity contribution in [2.75, 3.05) is 72.8 Å². The first kappa shape index (κ1) is 32.7. The Morgan fingerprint density at radius 1 is 0.510 bits per heavy atom. The van der Waals surface area contributed by atoms with Gasteiger partial charge in [-0.3, -0.25) is 20.2 Å². The number of nitrogens with one attached hydrogen (secondary N) is 2. The van der Waals surface area contributed by atoms with Crippen LogP contribution in [-0.2, 0) is 6.42 Å². The average Bonchev–Trinajstić information content (AvgIpc) is 3.13. The van der Waals surface area contributed by atoms with E-state index in [9.17, 15) is 29.8 Å². The second kappa shape index (κ2) is 14.7. The molecule has 4 aromatic rings. The van der Waals surface area contributed by atoms with Crippen molar-refractivity contribution in [2.45, 2.75) is 6.42 Å². The summed E-state index contributed by atoms with van der Waals surface area (Å²) in [5, 5.41) is 27.8. The third-order valence-electron chi connectivity index (χ3n) is 8.80. The lowest BCUT2D eigenvalue weighted by Crippen LogP contribution is -2.50. The number of benzene rings is 4. The normalized spacial score (nSPS) is 14.7. The number of amides is 4. The average molecular weight is 665 g/mol. The van der Waals surface area contributed by atoms with Crippen LogP contribution in [-0.4, -0.2) is 84.1 Å². The molecule has 0 aromatic heterocycles. The van der Waals surface area contributed by atoms with Crippen molar-refractivity contribution in [1.29, 1.82) is 0 Å². The van der Waals surface area contributed by atoms with Gasteiger partial charge in [0.25, 0.3) is 11.4 Å². The fourth-order valence-corrected chi connectivity index (χ4v) is 5.96. The van der Waals surface area contributed by atoms with E-state index in [0.29, 0.717) is 70.2 Å². The van der Waals surface area contributed by atoms with Gasteiger partial charge in [-0.2, -0.15) is 0 Å². The molecule has 2 N–H and O–H groups in total. The Bertz CT molecular complexity index is 1650. The van der Waals surface area contributed by atoms with E-state index in [2.05, 4.69) is 20.4 Å². The largest absolute Gasteiger partial charge is 0.368 e. The van der Waals surface area contributed by atoms with Crippen molar-refractivity contribution >= 4 is 46.2 Å². The predicted molar refractivity (Wildman–Crippen MR) is 187 cm³/mol. The van der Waals surface area contributed by atoms with Crippen LogP contribution in [0.25, 0.3) is 0 Å². The highest BCUT2D eigenvalue weighted by atomic mass is 16.6. The van der Waals surface area contributed by atoms with Gasteiger partial charge in [-0.25, -0.2) is 9.59 Å². The molecule has 14 heteroatoms. The van der Waals surface area contributed by atoms with Gasteiger partial charge in [0, 0.05) is 99.4 Å². The van der Waals surface area contributed by atoms with Gasteiger partial charge in [0.05, 0.1) is 9.85 Å². The number of carbonyl (C=O) groups excluding carboxylic acids is 2. The lowest BCUT2D eigenvalue weighted by molar-refractivity contribution is -0.385. The number of nitro groups is 2. The molecule has 14 nitrogen and oxygen atoms in total. The van der Waals surface area contributed by atoms with Crippen LogP contribution in [0.3, 0.4) is 0 Å². The number of rotatable bonds is 8. The highest BCUT2D eigenvalue weighted by molar-refractivity contribution is 5.90. The van der Waals surface area contributed by atoms with E-state index < -0.39 is 9.85 Å². The molecule has 0 unspecified atom stereocenters. The molecular formula is C35H36N8O6. The monoisotopic (exact) mass is 664 g/mol. The second-order valence-electron chi connectivity index (χ2n) is 11.9. The molecule has 2 saturated heterocycles. The summed E-state index contributed by atoms with van der Waals surface area (Å²) in [5.41, 5.74) is 5.48. The van der Waals surface area contributed by atoms with Crippen LogP contribution in [0, 0.1) is 20.2 Å². The molecule has 2 heterocycles. The molecule has 0 saturated carbocycles. The van der Waals surface area contributed by atoms with Crippen LogP contribution in [0.4, 0.5) is 43.7 Å². The van der Waals surface area contributed by atoms with Gasteiger partial charge in [-0.05, 0) is 66.1 Å². The molecule has 0 spiro atoms. The number of carbonyl (C=O) groups is 2. The Balaban J connectivity index is 0.924. The fraction of sp³-hybridized carbons (Fsp3) is 0.257. The summed E-state index contributed by atoms with van der Waals surface area (Å²) in [5.74, 6) is 0. The first-order valence-corrected chi connectivity index (χ1v) is 16.0. The third-order valence-corrected chi connectivity index (χ3v) is 8.80. The third kappa shape index (κ3) is 8.22. The molecule has 252 valence electrons. The summed E-state index contributed by atoms with van der Waals surface area (Å²) in [6.07, 6.45) is 0.692. The quantitative estimate of drug-likeness (QED) is 0.177. The number of nitrogens with zero attached hydrogens (tertiary/aromatic N) is 6. The molecule has 0 aliphatic carbocycles. The maximum Gasteiger partial charge on any atom is 0.321 e. The highest BCUT2D eigenvalue weighted by Gasteiger charge is 2.23. The van der Waals surface area contributed by atoms with Gasteiger partial charge >= 0.3 is 12.1 Å². The van der Waals surface area contributed by atoms with E-state index in [1.165, 1.54) is 24.3 Å². The molecule has 0 atom stereocenters. The standard InChI is InChI=1S/C35H36N8O6/c44-34(40-21-17-38(18-22-40)30-9-13-32(14-10-30)42(46)47)36-28-5-1-26(2-6-28)25-27-3-7-29(8-4-27)37-35(45)41-23-19-39(20-24-41)31-11-15-33(16-12-31)43(48)49/h1-16H,17-25H2,(H,36,44)(H,37,45). The van der Waals surface area contributed by atoms with Gasteiger partial charge < -0.3 is 30.2 Å². The van der Waals surface area contributed by atoms with Crippen molar-refractivity contribution < 1.29 is 19.4 Å². The van der Waals surface area contributed by atoms with E-state index >= 15 is 0 Å². The second-order valence-corrected chi connectivity index (χ2v) is 11.9. The smallest absolute Gasteiger partial charge is 0.321 e. The topological polar surface area (TPSA) is 157 Å². The molecule has 4 aromatic carbocycles. The minimum Gasteiger partial charge on any atom is -0.368 e. The number of anilines is 4. The van der Waals surface area contributed by atoms with Gasteiger partial charge in [0.1, 0.15) is 0 Å². The van der Waals surface area contributed by atoms with E-state index in [-0.39, 0.29) is 23.4 Å². The summed E-state index contributed by atoms with van der Waals surface area (Å²) >= 11 is 0. The van der Waals surface area contributed by atoms with Crippen molar-refractivity contribution in [3.63, 3.8) is 0 Å². The Hall–Kier alpha value is -6.18. The van der Waals surface area contributed by atoms with Crippen LogP contribution in [0.1, 0.15) is 11.1 Å². The lowest BCUT2D eigenvalue weighted by atomic mass is 10.0. The Morgan fingerprint density at radius 2 is 0.837 bits per heavy atom. The summed E-state index contributed by atoms with van der Waals surface area (Å²) < 4.78 is 0. The molecule has 4 amide bonds. The summed E-state index contributed by atoms with van der Waals surface area (Å²) in [6, 6.07) is 28.0. The van der Waals surface area contributed by atoms with Crippen LogP contribution in [0.5, 0.6) is 0 Å². The highest BCUT2D eigenvalue weighted by Crippen LogP contribution is 2.23. The minimum absolute atomic E-state index is 0.0547. The number of piperazine rings is 2. The minimum atomic E-state index is -0.417. The Morgan fingerprint density at radius 3 is 1.14 bits per heavy atom. The number of urea groups is 2. The van der Waals surface area contributed by atoms with E-state index in [0.717, 1.165) is 22.5 Å². The number of nitro benzene ring substituents is 2. The zero-order valence-electron chi connectivity index (χ0n) is 26.7. The van der Waals surface area contributed by atoms with Crippen LogP contribution in [0.15, 0.2) is 97.1 Å². The van der Waals surface area contributed by atoms with Gasteiger partial charge in [-0.15, -0.1) is 0 Å². The van der Waals surface area contributed by atoms with Crippen molar-refractivity contribution in [1.82, 2.24) is 9.80 Å². The molecule has 6 rings (SSSR count). The van der Waals surface area contributed by atoms with Crippen LogP contribution in [0.2, 0.25) is 0 Å². The predicted octanol–water partition coefficient (Wildman–Crippen LogP) is 5.80. The Kier molecular flexibility index (Phi) is 9.83. The molecule has 0 bridgehead atoms. The van der Waals surface area contributed by atoms with E-state index in [1.807, 2.05) is 48.5 Å². The van der Waals surface area contributed by atoms with Crippen LogP contribution >= 0.6 is 0 Å². The van der Waals surface area contributed by atoms with Gasteiger partial charge in [0.15, 0.2) is 0 Å². The first-order chi connectivity index (χ1) is 23.7. The zero-order chi connectivity index (χ0) is 34.3. The molecule has 0 radical (unpaired) electrons. The first-order valence-electron chi connectivity index (χ1n) is 16.0. The Labute approximate surface area is 282 Å². The summed E-state index contributed by atoms with van der Waals surface area (Å²) in [6.45, 7) is 4.70.